The largest absolute Gasteiger partial charge is 0.459 e. The Balaban J connectivity index is 0.965. The molecule has 0 aliphatic heterocycles. The van der Waals surface area contributed by atoms with Gasteiger partial charge in [-0.25, -0.2) is 4.98 Å². The molecule has 13 aromatic rings. The Kier molecular flexibility index (Phi) is 13.9. The van der Waals surface area contributed by atoms with E-state index in [0.717, 1.165) is 139 Å². The number of imidazole rings is 2. The Morgan fingerprint density at radius 1 is 0.458 bits per heavy atom. The van der Waals surface area contributed by atoms with Crippen LogP contribution in [0.25, 0.3) is 106 Å². The van der Waals surface area contributed by atoms with Crippen molar-refractivity contribution in [3.05, 3.63) is 245 Å². The van der Waals surface area contributed by atoms with Crippen LogP contribution in [-0.4, -0.2) is 14.1 Å². The third-order valence-corrected chi connectivity index (χ3v) is 22.8. The number of para-hydroxylation sites is 3. The summed E-state index contributed by atoms with van der Waals surface area (Å²) in [6.45, 7) is 36.2. The number of aromatic nitrogens is 4. The van der Waals surface area contributed by atoms with E-state index in [-0.39, 0.29) is 37.9 Å². The average molecular weight is 1260 g/mol. The smallest absolute Gasteiger partial charge is 0.270 e. The number of furan rings is 1. The van der Waals surface area contributed by atoms with Crippen molar-refractivity contribution in [3.63, 3.8) is 0 Å². The number of hydrogen-bond donors (Lipinski definition) is 0. The van der Waals surface area contributed by atoms with Gasteiger partial charge in [0.05, 0.1) is 33.4 Å². The van der Waals surface area contributed by atoms with Gasteiger partial charge in [-0.2, -0.15) is 0 Å². The molecular formula is C90H90N4O2. The topological polar surface area (TPSA) is 49.0 Å². The van der Waals surface area contributed by atoms with Gasteiger partial charge in [-0.3, -0.25) is 13.7 Å². The van der Waals surface area contributed by atoms with E-state index in [0.29, 0.717) is 5.75 Å². The van der Waals surface area contributed by atoms with Gasteiger partial charge in [0.1, 0.15) is 34.2 Å². The van der Waals surface area contributed by atoms with Gasteiger partial charge in [-0.15, -0.1) is 0 Å². The van der Waals surface area contributed by atoms with Crippen LogP contribution in [0, 0.1) is 6.33 Å². The predicted molar refractivity (Wildman–Crippen MR) is 398 cm³/mol. The van der Waals surface area contributed by atoms with Crippen molar-refractivity contribution < 1.29 is 13.7 Å². The van der Waals surface area contributed by atoms with E-state index < -0.39 is 0 Å². The molecule has 0 saturated heterocycles. The first-order chi connectivity index (χ1) is 45.7. The lowest BCUT2D eigenvalue weighted by molar-refractivity contribution is -0.571. The predicted octanol–water partition coefficient (Wildman–Crippen LogP) is 23.8. The minimum absolute atomic E-state index is 0.00294. The van der Waals surface area contributed by atoms with Gasteiger partial charge in [0.15, 0.2) is 0 Å². The molecule has 0 bridgehead atoms. The van der Waals surface area contributed by atoms with Crippen LogP contribution in [0.2, 0.25) is 0 Å². The maximum Gasteiger partial charge on any atom is 0.270 e. The molecule has 0 N–H and O–H groups in total. The molecule has 0 atom stereocenters. The summed E-state index contributed by atoms with van der Waals surface area (Å²) in [5.41, 5.74) is 25.7. The molecule has 0 spiro atoms. The van der Waals surface area contributed by atoms with Crippen LogP contribution in [0.5, 0.6) is 11.5 Å². The zero-order valence-corrected chi connectivity index (χ0v) is 58.9. The van der Waals surface area contributed by atoms with Gasteiger partial charge in [-0.1, -0.05) is 262 Å². The van der Waals surface area contributed by atoms with Gasteiger partial charge < -0.3 is 9.15 Å². The molecule has 0 unspecified atom stereocenters. The fourth-order valence-electron chi connectivity index (χ4n) is 17.0. The van der Waals surface area contributed by atoms with E-state index in [1.165, 1.54) is 50.0 Å². The average Bonchev–Trinajstić information content (AvgIpc) is 1.40. The van der Waals surface area contributed by atoms with Crippen LogP contribution < -0.4 is 9.30 Å². The van der Waals surface area contributed by atoms with Crippen LogP contribution in [-0.2, 0) is 37.9 Å². The van der Waals surface area contributed by atoms with E-state index in [1.807, 2.05) is 0 Å². The molecular weight excluding hydrogens is 1170 g/mol. The summed E-state index contributed by atoms with van der Waals surface area (Å²) in [4.78, 5) is 5.94. The molecule has 0 amide bonds. The van der Waals surface area contributed by atoms with Crippen molar-refractivity contribution in [2.45, 2.75) is 180 Å². The third-order valence-electron chi connectivity index (χ3n) is 22.8. The van der Waals surface area contributed by atoms with Gasteiger partial charge in [0.2, 0.25) is 0 Å². The first kappa shape index (κ1) is 61.6. The van der Waals surface area contributed by atoms with Gasteiger partial charge in [0.25, 0.3) is 6.33 Å². The minimum atomic E-state index is -0.274. The number of fused-ring (bicyclic) bond motifs is 10. The van der Waals surface area contributed by atoms with Crippen LogP contribution >= 0.6 is 0 Å². The van der Waals surface area contributed by atoms with Gasteiger partial charge >= 0.3 is 0 Å². The second kappa shape index (κ2) is 21.6. The van der Waals surface area contributed by atoms with Crippen molar-refractivity contribution in [3.8, 4) is 73.3 Å². The van der Waals surface area contributed by atoms with Gasteiger partial charge in [-0.05, 0) is 180 Å². The van der Waals surface area contributed by atoms with Crippen LogP contribution in [0.3, 0.4) is 0 Å². The van der Waals surface area contributed by atoms with E-state index in [1.54, 1.807) is 0 Å². The van der Waals surface area contributed by atoms with Crippen LogP contribution in [0.4, 0.5) is 0 Å². The molecule has 6 nitrogen and oxygen atoms in total. The van der Waals surface area contributed by atoms with Gasteiger partial charge in [0, 0.05) is 27.5 Å². The van der Waals surface area contributed by atoms with E-state index in [2.05, 4.69) is 324 Å². The second-order valence-electron chi connectivity index (χ2n) is 33.3. The highest BCUT2D eigenvalue weighted by Crippen LogP contribution is 2.56. The Morgan fingerprint density at radius 2 is 0.979 bits per heavy atom. The monoisotopic (exact) mass is 1260 g/mol. The van der Waals surface area contributed by atoms with Crippen molar-refractivity contribution in [1.82, 2.24) is 14.1 Å². The van der Waals surface area contributed by atoms with Crippen molar-refractivity contribution in [2.24, 2.45) is 0 Å². The molecule has 3 aliphatic carbocycles. The lowest BCUT2D eigenvalue weighted by Gasteiger charge is -2.44. The number of nitrogens with zero attached hydrogens (tertiary/aromatic N) is 4. The molecule has 96 heavy (non-hydrogen) atoms. The number of rotatable bonds is 9. The lowest BCUT2D eigenvalue weighted by atomic mass is 9.61. The molecule has 10 aromatic carbocycles. The van der Waals surface area contributed by atoms with Crippen molar-refractivity contribution in [1.29, 1.82) is 0 Å². The van der Waals surface area contributed by atoms with Crippen LogP contribution in [0.15, 0.2) is 205 Å². The summed E-state index contributed by atoms with van der Waals surface area (Å²) < 4.78 is 22.4. The summed E-state index contributed by atoms with van der Waals surface area (Å²) in [5.74, 6) is 2.32. The highest BCUT2D eigenvalue weighted by Gasteiger charge is 2.44. The molecule has 3 aliphatic rings. The molecule has 6 heteroatoms. The minimum Gasteiger partial charge on any atom is -0.459 e. The fraction of sp³-hybridized carbons (Fsp3) is 0.311. The van der Waals surface area contributed by atoms with E-state index >= 15 is 0 Å². The zero-order chi connectivity index (χ0) is 66.8. The SMILES string of the molecule is CC(C)(C)c1cc(Oc2cc(-[n+]3[c-]n(-c4c(-c5ccccc5)cccc4-c4ccccc4)c4ccccc43)c3oc4c5c(ccc4c3c2)C(C)(C)CCC5(C)C)cc(-c2nc3ccc4c(c3n2-c2ccc3c(c2-c2ccccc2)C(C)(C)CCC3(C)C)C(C)(C)CCC4(C)C)c1. The highest BCUT2D eigenvalue weighted by molar-refractivity contribution is 6.09. The van der Waals surface area contributed by atoms with Crippen molar-refractivity contribution >= 4 is 44.0 Å². The van der Waals surface area contributed by atoms with E-state index in [9.17, 15) is 0 Å². The first-order valence-corrected chi connectivity index (χ1v) is 35.1. The maximum absolute atomic E-state index is 7.68. The Morgan fingerprint density at radius 3 is 1.60 bits per heavy atom. The summed E-state index contributed by atoms with van der Waals surface area (Å²) in [6, 6.07) is 73.7. The number of ether oxygens (including phenoxy) is 1. The molecule has 0 fully saturated rings. The molecule has 3 heterocycles. The molecule has 482 valence electrons. The molecule has 0 radical (unpaired) electrons. The summed E-state index contributed by atoms with van der Waals surface area (Å²) in [7, 11) is 0. The normalized spacial score (nSPS) is 17.4. The zero-order valence-electron chi connectivity index (χ0n) is 58.9. The maximum atomic E-state index is 7.68. The summed E-state index contributed by atoms with van der Waals surface area (Å²) >= 11 is 0. The fourth-order valence-corrected chi connectivity index (χ4v) is 17.0. The molecule has 0 saturated carbocycles. The Bertz CT molecular complexity index is 5230. The summed E-state index contributed by atoms with van der Waals surface area (Å²) in [5, 5.41) is 2.06. The number of hydrogen-bond acceptors (Lipinski definition) is 3. The van der Waals surface area contributed by atoms with Crippen LogP contribution in [0.1, 0.15) is 181 Å². The quantitative estimate of drug-likeness (QED) is 0.107. The van der Waals surface area contributed by atoms with E-state index in [4.69, 9.17) is 14.1 Å². The second-order valence-corrected chi connectivity index (χ2v) is 33.3. The third kappa shape index (κ3) is 9.84. The standard InChI is InChI=1S/C90H90N4O2/c1-84(2,3)60-50-59(83-91-70-42-40-68-77(89(12,13)48-45-86(68,6)7)80(70)94(83)73-43-41-67-76(75(73)58-32-23-18-24-33-58)88(10,11)47-44-85(67,4)5)51-61(52-60)95-62-53-66-65-38-39-69-78(90(14,15)49-46-87(69,8)9)82(65)96-81(66)74(54-62)92-55-93(72-37-26-25-36-71(72)92)79-63(56-28-19-16-20-29-56)34-27-35-64(79)57-30-21-17-22-31-57/h16-43,50-54H,44-49H2,1-15H3. The number of benzene rings is 10. The van der Waals surface area contributed by atoms with Crippen molar-refractivity contribution in [2.75, 3.05) is 0 Å². The summed E-state index contributed by atoms with van der Waals surface area (Å²) in [6.07, 6.45) is 10.6. The Labute approximate surface area is 567 Å². The Hall–Kier alpha value is -9.26. The molecule has 3 aromatic heterocycles. The molecule has 16 rings (SSSR count). The highest BCUT2D eigenvalue weighted by atomic mass is 16.5. The first-order valence-electron chi connectivity index (χ1n) is 35.1. The lowest BCUT2D eigenvalue weighted by Crippen LogP contribution is -2.35.